The predicted octanol–water partition coefficient (Wildman–Crippen LogP) is 4.16. The fourth-order valence-electron chi connectivity index (χ4n) is 0.979. The monoisotopic (exact) mass is 375 g/mol. The first-order valence-corrected chi connectivity index (χ1v) is 8.58. The van der Waals surface area contributed by atoms with Gasteiger partial charge in [0.15, 0.2) is 0 Å². The number of ether oxygens (including phenoxy) is 1. The van der Waals surface area contributed by atoms with Crippen molar-refractivity contribution in [3.8, 4) is 0 Å². The van der Waals surface area contributed by atoms with Crippen LogP contribution in [0.1, 0.15) is 40.0 Å². The Morgan fingerprint density at radius 3 is 2.38 bits per heavy atom. The van der Waals surface area contributed by atoms with Crippen LogP contribution >= 0.6 is 34.8 Å². The zero-order valence-corrected chi connectivity index (χ0v) is 15.4. The Bertz CT molecular complexity index is 412. The van der Waals surface area contributed by atoms with Gasteiger partial charge in [-0.2, -0.15) is 4.40 Å². The molecule has 21 heavy (non-hydrogen) atoms. The van der Waals surface area contributed by atoms with E-state index in [1.807, 2.05) is 32.9 Å². The third-order valence-corrected chi connectivity index (χ3v) is 3.73. The highest BCUT2D eigenvalue weighted by molar-refractivity contribution is 7.85. The van der Waals surface area contributed by atoms with Crippen LogP contribution in [0, 0.1) is 0 Å². The Morgan fingerprint density at radius 2 is 1.86 bits per heavy atom. The lowest BCUT2D eigenvalue weighted by molar-refractivity contribution is -0.143. The Balaban J connectivity index is 3.82. The van der Waals surface area contributed by atoms with Crippen molar-refractivity contribution >= 4 is 58.0 Å². The fourth-order valence-corrected chi connectivity index (χ4v) is 1.68. The Hall–Kier alpha value is -0.100. The summed E-state index contributed by atoms with van der Waals surface area (Å²) >= 11 is 16.4. The maximum atomic E-state index is 11.6. The van der Waals surface area contributed by atoms with Crippen molar-refractivity contribution in [3.05, 3.63) is 12.2 Å². The normalized spacial score (nSPS) is 14.8. The molecule has 0 heterocycles. The zero-order chi connectivity index (χ0) is 16.5. The van der Waals surface area contributed by atoms with Crippen molar-refractivity contribution in [1.29, 1.82) is 0 Å². The SMILES string of the molecule is CC(C)(C)[S@@](=O)/N=C/C/C=C\CCC(=O)OCC(Cl)(Cl)Cl. The van der Waals surface area contributed by atoms with Crippen LogP contribution in [-0.2, 0) is 20.5 Å². The lowest BCUT2D eigenvalue weighted by Crippen LogP contribution is -2.19. The summed E-state index contributed by atoms with van der Waals surface area (Å²) in [5.41, 5.74) is 0. The van der Waals surface area contributed by atoms with Gasteiger partial charge in [-0.25, -0.2) is 4.21 Å². The first-order chi connectivity index (χ1) is 9.52. The number of carbonyl (C=O) groups is 1. The minimum absolute atomic E-state index is 0.211. The van der Waals surface area contributed by atoms with Gasteiger partial charge in [0.2, 0.25) is 3.79 Å². The largest absolute Gasteiger partial charge is 0.461 e. The molecule has 0 radical (unpaired) electrons. The molecule has 1 atom stereocenters. The Labute approximate surface area is 143 Å². The summed E-state index contributed by atoms with van der Waals surface area (Å²) in [6, 6.07) is 0. The summed E-state index contributed by atoms with van der Waals surface area (Å²) in [6.07, 6.45) is 6.55. The molecule has 0 rings (SSSR count). The van der Waals surface area contributed by atoms with Gasteiger partial charge in [-0.3, -0.25) is 4.79 Å². The fraction of sp³-hybridized carbons (Fsp3) is 0.692. The molecule has 122 valence electrons. The highest BCUT2D eigenvalue weighted by Crippen LogP contribution is 2.26. The molecule has 0 saturated carbocycles. The highest BCUT2D eigenvalue weighted by Gasteiger charge is 2.21. The van der Waals surface area contributed by atoms with Crippen LogP contribution in [0.4, 0.5) is 0 Å². The van der Waals surface area contributed by atoms with E-state index in [-0.39, 0.29) is 17.8 Å². The van der Waals surface area contributed by atoms with Crippen molar-refractivity contribution in [1.82, 2.24) is 0 Å². The molecule has 8 heteroatoms. The number of hydrogen-bond donors (Lipinski definition) is 0. The second kappa shape index (κ2) is 9.82. The summed E-state index contributed by atoms with van der Waals surface area (Å²) < 4.78 is 18.4. The average molecular weight is 377 g/mol. The molecule has 0 unspecified atom stereocenters. The summed E-state index contributed by atoms with van der Waals surface area (Å²) in [5, 5.41) is 0. The molecule has 0 aromatic heterocycles. The van der Waals surface area contributed by atoms with Gasteiger partial charge in [0, 0.05) is 19.1 Å². The summed E-state index contributed by atoms with van der Waals surface area (Å²) in [5.74, 6) is -0.423. The molecule has 0 bridgehead atoms. The van der Waals surface area contributed by atoms with E-state index in [0.717, 1.165) is 0 Å². The first kappa shape index (κ1) is 20.9. The van der Waals surface area contributed by atoms with Crippen molar-refractivity contribution in [3.63, 3.8) is 0 Å². The molecule has 0 N–H and O–H groups in total. The van der Waals surface area contributed by atoms with Crippen molar-refractivity contribution in [2.45, 2.75) is 48.6 Å². The summed E-state index contributed by atoms with van der Waals surface area (Å²) in [6.45, 7) is 5.32. The van der Waals surface area contributed by atoms with Gasteiger partial charge in [0.05, 0.1) is 4.75 Å². The first-order valence-electron chi connectivity index (χ1n) is 6.34. The maximum absolute atomic E-state index is 11.6. The van der Waals surface area contributed by atoms with Gasteiger partial charge in [-0.15, -0.1) is 0 Å². The third-order valence-electron chi connectivity index (χ3n) is 2.01. The van der Waals surface area contributed by atoms with E-state index in [2.05, 4.69) is 4.40 Å². The molecule has 0 aliphatic heterocycles. The zero-order valence-electron chi connectivity index (χ0n) is 12.3. The van der Waals surface area contributed by atoms with Crippen LogP contribution in [0.2, 0.25) is 0 Å². The van der Waals surface area contributed by atoms with Gasteiger partial charge in [-0.1, -0.05) is 47.0 Å². The number of esters is 1. The molecule has 0 aromatic carbocycles. The van der Waals surface area contributed by atoms with Crippen LogP contribution in [0.25, 0.3) is 0 Å². The molecule has 0 amide bonds. The van der Waals surface area contributed by atoms with E-state index in [9.17, 15) is 9.00 Å². The molecule has 0 aliphatic carbocycles. The molecule has 0 aliphatic rings. The number of carbonyl (C=O) groups excluding carboxylic acids is 1. The van der Waals surface area contributed by atoms with E-state index in [1.165, 1.54) is 0 Å². The third kappa shape index (κ3) is 13.3. The van der Waals surface area contributed by atoms with E-state index < -0.39 is 20.7 Å². The van der Waals surface area contributed by atoms with Crippen LogP contribution in [0.15, 0.2) is 16.5 Å². The van der Waals surface area contributed by atoms with Gasteiger partial charge in [-0.05, 0) is 27.2 Å². The molecule has 0 spiro atoms. The van der Waals surface area contributed by atoms with Crippen LogP contribution in [-0.4, -0.2) is 31.5 Å². The second-order valence-corrected chi connectivity index (χ2v) is 9.62. The van der Waals surface area contributed by atoms with E-state index in [4.69, 9.17) is 39.5 Å². The Kier molecular flexibility index (Phi) is 9.78. The van der Waals surface area contributed by atoms with Crippen LogP contribution in [0.5, 0.6) is 0 Å². The minimum Gasteiger partial charge on any atom is -0.461 e. The van der Waals surface area contributed by atoms with Gasteiger partial charge in [0.25, 0.3) is 0 Å². The van der Waals surface area contributed by atoms with Crippen LogP contribution in [0.3, 0.4) is 0 Å². The van der Waals surface area contributed by atoms with Gasteiger partial charge >= 0.3 is 5.97 Å². The maximum Gasteiger partial charge on any atom is 0.306 e. The van der Waals surface area contributed by atoms with E-state index in [1.54, 1.807) is 6.21 Å². The second-order valence-electron chi connectivity index (χ2n) is 5.17. The van der Waals surface area contributed by atoms with Crippen molar-refractivity contribution < 1.29 is 13.7 Å². The minimum atomic E-state index is -1.58. The van der Waals surface area contributed by atoms with E-state index in [0.29, 0.717) is 12.8 Å². The van der Waals surface area contributed by atoms with Gasteiger partial charge in [0.1, 0.15) is 17.6 Å². The number of allylic oxidation sites excluding steroid dienone is 2. The number of rotatable bonds is 7. The summed E-state index contributed by atoms with van der Waals surface area (Å²) in [4.78, 5) is 11.3. The number of nitrogens with zero attached hydrogens (tertiary/aromatic N) is 1. The molecular weight excluding hydrogens is 357 g/mol. The van der Waals surface area contributed by atoms with Crippen molar-refractivity contribution in [2.24, 2.45) is 4.40 Å². The van der Waals surface area contributed by atoms with Gasteiger partial charge < -0.3 is 4.74 Å². The molecule has 0 saturated heterocycles. The number of hydrogen-bond acceptors (Lipinski definition) is 3. The van der Waals surface area contributed by atoms with E-state index >= 15 is 0 Å². The quantitative estimate of drug-likeness (QED) is 0.290. The smallest absolute Gasteiger partial charge is 0.306 e. The van der Waals surface area contributed by atoms with Crippen LogP contribution < -0.4 is 0 Å². The predicted molar refractivity (Wildman–Crippen MR) is 90.6 cm³/mol. The molecule has 0 fully saturated rings. The summed E-state index contributed by atoms with van der Waals surface area (Å²) in [7, 11) is -1.24. The lowest BCUT2D eigenvalue weighted by Gasteiger charge is -2.12. The number of alkyl halides is 3. The molecule has 4 nitrogen and oxygen atoms in total. The highest BCUT2D eigenvalue weighted by atomic mass is 35.6. The lowest BCUT2D eigenvalue weighted by atomic mass is 10.3. The standard InChI is InChI=1S/C13H20Cl3NO3S/c1-12(2,3)21(19)17-9-7-5-4-6-8-11(18)20-10-13(14,15)16/h4-5,9H,6-8,10H2,1-3H3/b5-4-,17-9+/t21-/m1/s1. The number of halogens is 3. The molecular formula is C13H20Cl3NO3S. The van der Waals surface area contributed by atoms with Crippen molar-refractivity contribution in [2.75, 3.05) is 6.61 Å². The topological polar surface area (TPSA) is 55.7 Å². The molecule has 0 aromatic rings. The average Bonchev–Trinajstić information content (AvgIpc) is 2.32. The Morgan fingerprint density at radius 1 is 1.24 bits per heavy atom.